The lowest BCUT2D eigenvalue weighted by Crippen LogP contribution is -2.56. The molecule has 1 aliphatic rings. The van der Waals surface area contributed by atoms with Crippen LogP contribution in [0, 0.1) is 5.92 Å². The van der Waals surface area contributed by atoms with Crippen molar-refractivity contribution in [2.75, 3.05) is 6.54 Å². The molecule has 1 rings (SSSR count). The van der Waals surface area contributed by atoms with Gasteiger partial charge < -0.3 is 26.8 Å². The number of carbonyl (C=O) groups is 4. The fourth-order valence-corrected chi connectivity index (χ4v) is 2.67. The molecule has 1 fully saturated rings. The molecule has 6 N–H and O–H groups in total. The Morgan fingerprint density at radius 3 is 2.44 bits per heavy atom. The van der Waals surface area contributed by atoms with E-state index in [1.807, 2.05) is 13.8 Å². The highest BCUT2D eigenvalue weighted by Gasteiger charge is 2.32. The van der Waals surface area contributed by atoms with E-state index in [0.717, 1.165) is 13.0 Å². The first-order chi connectivity index (χ1) is 11.8. The number of rotatable bonds is 10. The van der Waals surface area contributed by atoms with Crippen molar-refractivity contribution in [3.05, 3.63) is 0 Å². The van der Waals surface area contributed by atoms with Crippen molar-refractivity contribution in [1.29, 1.82) is 0 Å². The van der Waals surface area contributed by atoms with Crippen LogP contribution in [0.2, 0.25) is 0 Å². The quantitative estimate of drug-likeness (QED) is 0.342. The molecule has 0 aromatic carbocycles. The normalized spacial score (nSPS) is 20.3. The van der Waals surface area contributed by atoms with Gasteiger partial charge in [0.15, 0.2) is 0 Å². The molecule has 1 heterocycles. The molecule has 1 saturated heterocycles. The highest BCUT2D eigenvalue weighted by Crippen LogP contribution is 2.11. The molecule has 4 atom stereocenters. The van der Waals surface area contributed by atoms with Gasteiger partial charge in [-0.2, -0.15) is 0 Å². The molecule has 0 aromatic rings. The molecular formula is C16H28N4O5. The van der Waals surface area contributed by atoms with Crippen LogP contribution in [-0.4, -0.2) is 53.5 Å². The second kappa shape index (κ2) is 9.97. The monoisotopic (exact) mass is 356 g/mol. The first-order valence-electron chi connectivity index (χ1n) is 8.61. The molecule has 0 bridgehead atoms. The predicted molar refractivity (Wildman–Crippen MR) is 90.4 cm³/mol. The highest BCUT2D eigenvalue weighted by atomic mass is 16.4. The Hall–Kier alpha value is -2.16. The third-order valence-electron chi connectivity index (χ3n) is 4.46. The van der Waals surface area contributed by atoms with E-state index < -0.39 is 29.9 Å². The molecule has 0 aliphatic carbocycles. The standard InChI is InChI=1S/C16H28N4O5/c1-3-9(2)13(20-14(22)10-5-4-8-18-10)15(23)19-11(16(24)25)6-7-12(17)21/h9-11,13,18H,3-8H2,1-2H3,(H2,17,21)(H,19,23)(H,20,22)(H,24,25)/t9-,10-,11-,13-/m0/s1. The van der Waals surface area contributed by atoms with Crippen molar-refractivity contribution in [2.45, 2.75) is 64.1 Å². The summed E-state index contributed by atoms with van der Waals surface area (Å²) in [4.78, 5) is 46.9. The Balaban J connectivity index is 2.75. The molecule has 0 unspecified atom stereocenters. The van der Waals surface area contributed by atoms with Crippen molar-refractivity contribution >= 4 is 23.7 Å². The van der Waals surface area contributed by atoms with Gasteiger partial charge in [0.05, 0.1) is 6.04 Å². The minimum atomic E-state index is -1.25. The van der Waals surface area contributed by atoms with Crippen LogP contribution < -0.4 is 21.7 Å². The molecule has 0 radical (unpaired) electrons. The molecule has 142 valence electrons. The van der Waals surface area contributed by atoms with Crippen molar-refractivity contribution in [1.82, 2.24) is 16.0 Å². The minimum absolute atomic E-state index is 0.0955. The van der Waals surface area contributed by atoms with Crippen LogP contribution in [0.1, 0.15) is 46.0 Å². The fourth-order valence-electron chi connectivity index (χ4n) is 2.67. The molecule has 0 saturated carbocycles. The molecular weight excluding hydrogens is 328 g/mol. The lowest BCUT2D eigenvalue weighted by molar-refractivity contribution is -0.142. The Labute approximate surface area is 147 Å². The lowest BCUT2D eigenvalue weighted by atomic mass is 9.97. The van der Waals surface area contributed by atoms with E-state index >= 15 is 0 Å². The Kier molecular flexibility index (Phi) is 8.33. The number of carboxylic acid groups (broad SMARTS) is 1. The second-order valence-corrected chi connectivity index (χ2v) is 6.43. The number of primary amides is 1. The van der Waals surface area contributed by atoms with E-state index in [1.54, 1.807) is 0 Å². The number of nitrogens with two attached hydrogens (primary N) is 1. The summed E-state index contributed by atoms with van der Waals surface area (Å²) in [6, 6.07) is -2.40. The Morgan fingerprint density at radius 2 is 1.96 bits per heavy atom. The molecule has 3 amide bonds. The first kappa shape index (κ1) is 20.9. The van der Waals surface area contributed by atoms with Gasteiger partial charge in [0.25, 0.3) is 0 Å². The summed E-state index contributed by atoms with van der Waals surface area (Å²) in [6.07, 6.45) is 1.99. The van der Waals surface area contributed by atoms with Crippen molar-refractivity contribution in [3.8, 4) is 0 Å². The van der Waals surface area contributed by atoms with Gasteiger partial charge in [-0.25, -0.2) is 4.79 Å². The molecule has 1 aliphatic heterocycles. The zero-order valence-electron chi connectivity index (χ0n) is 14.7. The predicted octanol–water partition coefficient (Wildman–Crippen LogP) is -0.896. The van der Waals surface area contributed by atoms with E-state index in [0.29, 0.717) is 12.8 Å². The van der Waals surface area contributed by atoms with Crippen molar-refractivity contribution in [2.24, 2.45) is 11.7 Å². The molecule has 0 spiro atoms. The summed E-state index contributed by atoms with van der Waals surface area (Å²) in [7, 11) is 0. The van der Waals surface area contributed by atoms with Gasteiger partial charge in [-0.1, -0.05) is 20.3 Å². The number of carboxylic acids is 1. The topological polar surface area (TPSA) is 151 Å². The summed E-state index contributed by atoms with van der Waals surface area (Å²) in [6.45, 7) is 4.45. The summed E-state index contributed by atoms with van der Waals surface area (Å²) in [5.74, 6) is -2.89. The number of nitrogens with one attached hydrogen (secondary N) is 3. The van der Waals surface area contributed by atoms with Gasteiger partial charge in [-0.15, -0.1) is 0 Å². The maximum atomic E-state index is 12.5. The number of aliphatic carboxylic acids is 1. The first-order valence-corrected chi connectivity index (χ1v) is 8.61. The third kappa shape index (κ3) is 6.69. The maximum absolute atomic E-state index is 12.5. The number of carbonyl (C=O) groups excluding carboxylic acids is 3. The average molecular weight is 356 g/mol. The maximum Gasteiger partial charge on any atom is 0.326 e. The molecule has 0 aromatic heterocycles. The van der Waals surface area contributed by atoms with Crippen LogP contribution in [0.5, 0.6) is 0 Å². The lowest BCUT2D eigenvalue weighted by Gasteiger charge is -2.26. The minimum Gasteiger partial charge on any atom is -0.480 e. The number of hydrogen-bond acceptors (Lipinski definition) is 5. The average Bonchev–Trinajstić information content (AvgIpc) is 3.09. The molecule has 25 heavy (non-hydrogen) atoms. The Morgan fingerprint density at radius 1 is 1.28 bits per heavy atom. The van der Waals surface area contributed by atoms with Gasteiger partial charge in [-0.3, -0.25) is 14.4 Å². The SMILES string of the molecule is CC[C@H](C)[C@H](NC(=O)[C@@H]1CCCN1)C(=O)N[C@@H](CCC(N)=O)C(=O)O. The zero-order chi connectivity index (χ0) is 19.0. The van der Waals surface area contributed by atoms with E-state index in [1.165, 1.54) is 0 Å². The largest absolute Gasteiger partial charge is 0.480 e. The molecule has 9 nitrogen and oxygen atoms in total. The van der Waals surface area contributed by atoms with E-state index in [2.05, 4.69) is 16.0 Å². The fraction of sp³-hybridized carbons (Fsp3) is 0.750. The second-order valence-electron chi connectivity index (χ2n) is 6.43. The van der Waals surface area contributed by atoms with Crippen LogP contribution in [0.25, 0.3) is 0 Å². The van der Waals surface area contributed by atoms with Crippen LogP contribution in [0.3, 0.4) is 0 Å². The van der Waals surface area contributed by atoms with Crippen LogP contribution in [-0.2, 0) is 19.2 Å². The summed E-state index contributed by atoms with van der Waals surface area (Å²) in [5, 5.41) is 17.4. The zero-order valence-corrected chi connectivity index (χ0v) is 14.7. The van der Waals surface area contributed by atoms with Gasteiger partial charge in [0, 0.05) is 6.42 Å². The summed E-state index contributed by atoms with van der Waals surface area (Å²) < 4.78 is 0. The summed E-state index contributed by atoms with van der Waals surface area (Å²) in [5.41, 5.74) is 5.03. The van der Waals surface area contributed by atoms with Gasteiger partial charge >= 0.3 is 5.97 Å². The third-order valence-corrected chi connectivity index (χ3v) is 4.46. The van der Waals surface area contributed by atoms with E-state index in [4.69, 9.17) is 5.73 Å². The number of amides is 3. The van der Waals surface area contributed by atoms with Crippen LogP contribution in [0.4, 0.5) is 0 Å². The highest BCUT2D eigenvalue weighted by molar-refractivity contribution is 5.92. The van der Waals surface area contributed by atoms with Crippen LogP contribution in [0.15, 0.2) is 0 Å². The number of hydrogen-bond donors (Lipinski definition) is 5. The van der Waals surface area contributed by atoms with Gasteiger partial charge in [-0.05, 0) is 31.7 Å². The van der Waals surface area contributed by atoms with Crippen molar-refractivity contribution < 1.29 is 24.3 Å². The van der Waals surface area contributed by atoms with Crippen molar-refractivity contribution in [3.63, 3.8) is 0 Å². The summed E-state index contributed by atoms with van der Waals surface area (Å²) >= 11 is 0. The van der Waals surface area contributed by atoms with E-state index in [-0.39, 0.29) is 30.7 Å². The molecule has 9 heteroatoms. The van der Waals surface area contributed by atoms with E-state index in [9.17, 15) is 24.3 Å². The smallest absolute Gasteiger partial charge is 0.326 e. The Bertz CT molecular complexity index is 505. The van der Waals surface area contributed by atoms with Gasteiger partial charge in [0.1, 0.15) is 12.1 Å². The van der Waals surface area contributed by atoms with Crippen LogP contribution >= 0.6 is 0 Å². The van der Waals surface area contributed by atoms with Gasteiger partial charge in [0.2, 0.25) is 17.7 Å².